The summed E-state index contributed by atoms with van der Waals surface area (Å²) in [7, 11) is 0. The fourth-order valence-electron chi connectivity index (χ4n) is 2.72. The first-order chi connectivity index (χ1) is 6.23. The first-order valence-electron chi connectivity index (χ1n) is 5.47. The van der Waals surface area contributed by atoms with Gasteiger partial charge in [0.15, 0.2) is 0 Å². The van der Waals surface area contributed by atoms with E-state index in [1.807, 2.05) is 3.88 Å². The third-order valence-electron chi connectivity index (χ3n) is 2.59. The normalized spacial score (nSPS) is 17.1. The van der Waals surface area contributed by atoms with Gasteiger partial charge in [-0.2, -0.15) is 0 Å². The van der Waals surface area contributed by atoms with Gasteiger partial charge in [0.25, 0.3) is 0 Å². The average molecular weight is 259 g/mol. The van der Waals surface area contributed by atoms with Crippen molar-refractivity contribution in [1.29, 1.82) is 0 Å². The van der Waals surface area contributed by atoms with E-state index in [2.05, 4.69) is 57.5 Å². The van der Waals surface area contributed by atoms with Crippen LogP contribution in [0, 0.1) is 0 Å². The van der Waals surface area contributed by atoms with E-state index in [4.69, 9.17) is 0 Å². The van der Waals surface area contributed by atoms with Crippen molar-refractivity contribution in [3.63, 3.8) is 0 Å². The fourth-order valence-corrected chi connectivity index (χ4v) is 56.7. The maximum atomic E-state index is 2.60. The molecule has 1 aliphatic rings. The number of rotatable bonds is 3. The van der Waals surface area contributed by atoms with Crippen LogP contribution in [0.3, 0.4) is 0 Å². The van der Waals surface area contributed by atoms with Crippen LogP contribution in [0.2, 0.25) is 39.3 Å². The van der Waals surface area contributed by atoms with Crippen molar-refractivity contribution >= 4 is 11.9 Å². The van der Waals surface area contributed by atoms with Gasteiger partial charge >= 0.3 is 96.1 Å². The van der Waals surface area contributed by atoms with Gasteiger partial charge in [0.05, 0.1) is 0 Å². The Hall–Kier alpha value is 0.628. The van der Waals surface area contributed by atoms with Crippen LogP contribution in [-0.2, 0) is 16.4 Å². The van der Waals surface area contributed by atoms with Crippen LogP contribution in [0.15, 0.2) is 22.1 Å². The second kappa shape index (κ2) is 4.24. The van der Waals surface area contributed by atoms with Gasteiger partial charge in [-0.3, -0.25) is 0 Å². The Morgan fingerprint density at radius 3 is 1.79 bits per heavy atom. The summed E-state index contributed by atoms with van der Waals surface area (Å²) >= 11 is -0.894. The fraction of sp³-hybridized carbons (Fsp3) is 0.636. The summed E-state index contributed by atoms with van der Waals surface area (Å²) in [5.74, 6) is -1.73. The molecule has 0 bridgehead atoms. The molecule has 0 aromatic heterocycles. The molecular formula is C11H23Si2Ti. The van der Waals surface area contributed by atoms with Crippen LogP contribution < -0.4 is 0 Å². The summed E-state index contributed by atoms with van der Waals surface area (Å²) in [6.07, 6.45) is 8.38. The van der Waals surface area contributed by atoms with Crippen LogP contribution in [0.1, 0.15) is 6.42 Å². The molecule has 0 aromatic carbocycles. The van der Waals surface area contributed by atoms with E-state index >= 15 is 0 Å². The molecule has 0 amide bonds. The Bertz CT molecular complexity index is 252. The zero-order valence-electron chi connectivity index (χ0n) is 10.4. The van der Waals surface area contributed by atoms with Crippen molar-refractivity contribution < 1.29 is 16.4 Å². The molecule has 0 N–H and O–H groups in total. The molecule has 0 heterocycles. The van der Waals surface area contributed by atoms with Gasteiger partial charge in [-0.25, -0.2) is 0 Å². The zero-order valence-corrected chi connectivity index (χ0v) is 14.0. The van der Waals surface area contributed by atoms with Crippen molar-refractivity contribution in [3.05, 3.63) is 22.1 Å². The van der Waals surface area contributed by atoms with Crippen molar-refractivity contribution in [2.24, 2.45) is 0 Å². The van der Waals surface area contributed by atoms with Crippen LogP contribution in [0.5, 0.6) is 0 Å². The van der Waals surface area contributed by atoms with Gasteiger partial charge in [0.2, 0.25) is 0 Å². The first-order valence-corrected chi connectivity index (χ1v) is 17.9. The van der Waals surface area contributed by atoms with E-state index in [0.29, 0.717) is 0 Å². The van der Waals surface area contributed by atoms with Crippen molar-refractivity contribution in [2.75, 3.05) is 0 Å². The van der Waals surface area contributed by atoms with Crippen LogP contribution in [0.4, 0.5) is 0 Å². The van der Waals surface area contributed by atoms with Crippen LogP contribution in [0.25, 0.3) is 0 Å². The van der Waals surface area contributed by atoms with Gasteiger partial charge in [-0.1, -0.05) is 0 Å². The predicted molar refractivity (Wildman–Crippen MR) is 68.5 cm³/mol. The molecule has 0 atom stereocenters. The SMILES string of the molecule is C[Si](C)(C)[Ti]([C]1=CC=CC1)[Si](C)(C)C. The molecule has 0 saturated heterocycles. The summed E-state index contributed by atoms with van der Waals surface area (Å²) in [5, 5.41) is 0. The molecular weight excluding hydrogens is 236 g/mol. The van der Waals surface area contributed by atoms with E-state index in [0.717, 1.165) is 0 Å². The Balaban J connectivity index is 2.95. The van der Waals surface area contributed by atoms with Crippen LogP contribution >= 0.6 is 0 Å². The summed E-state index contributed by atoms with van der Waals surface area (Å²) < 4.78 is 1.89. The molecule has 0 aliphatic heterocycles. The van der Waals surface area contributed by atoms with E-state index in [1.165, 1.54) is 6.42 Å². The van der Waals surface area contributed by atoms with Gasteiger partial charge in [0.1, 0.15) is 0 Å². The van der Waals surface area contributed by atoms with E-state index in [-0.39, 0.29) is 0 Å². The second-order valence-corrected chi connectivity index (χ2v) is 37.6. The monoisotopic (exact) mass is 259 g/mol. The minimum absolute atomic E-state index is 0.867. The maximum absolute atomic E-state index is 2.60. The van der Waals surface area contributed by atoms with Crippen molar-refractivity contribution in [1.82, 2.24) is 0 Å². The Labute approximate surface area is 95.7 Å². The van der Waals surface area contributed by atoms with Gasteiger partial charge in [-0.15, -0.1) is 0 Å². The Kier molecular flexibility index (Phi) is 3.85. The second-order valence-electron chi connectivity index (χ2n) is 6.20. The molecule has 1 rings (SSSR count). The molecule has 0 nitrogen and oxygen atoms in total. The molecule has 0 unspecified atom stereocenters. The van der Waals surface area contributed by atoms with Gasteiger partial charge in [0, 0.05) is 0 Å². The third-order valence-corrected chi connectivity index (χ3v) is 42.4. The van der Waals surface area contributed by atoms with Crippen molar-refractivity contribution in [3.8, 4) is 0 Å². The molecule has 0 saturated carbocycles. The standard InChI is InChI=1S/C5H5.2C3H9Si.Ti/c1-2-4-5-3-1;2*1-4(2)3;/h1-3H,4H2;2*1-3H3;. The summed E-state index contributed by atoms with van der Waals surface area (Å²) in [5.41, 5.74) is 0. The average Bonchev–Trinajstić information content (AvgIpc) is 2.31. The molecule has 14 heavy (non-hydrogen) atoms. The quantitative estimate of drug-likeness (QED) is 0.669. The topological polar surface area (TPSA) is 0 Å². The first kappa shape index (κ1) is 12.7. The van der Waals surface area contributed by atoms with E-state index in [9.17, 15) is 0 Å². The molecule has 0 spiro atoms. The summed E-state index contributed by atoms with van der Waals surface area (Å²) in [4.78, 5) is 0. The molecule has 3 heteroatoms. The molecule has 79 valence electrons. The van der Waals surface area contributed by atoms with Crippen molar-refractivity contribution in [2.45, 2.75) is 45.7 Å². The zero-order chi connectivity index (χ0) is 11.0. The predicted octanol–water partition coefficient (Wildman–Crippen LogP) is 4.12. The Morgan fingerprint density at radius 2 is 1.50 bits per heavy atom. The van der Waals surface area contributed by atoms with E-state index < -0.39 is 28.3 Å². The summed E-state index contributed by atoms with van der Waals surface area (Å²) in [6, 6.07) is 0. The third kappa shape index (κ3) is 3.06. The number of hydrogen-bond acceptors (Lipinski definition) is 0. The minimum atomic E-state index is -0.894. The van der Waals surface area contributed by atoms with E-state index in [1.54, 1.807) is 0 Å². The molecule has 0 fully saturated rings. The number of hydrogen-bond donors (Lipinski definition) is 0. The summed E-state index contributed by atoms with van der Waals surface area (Å²) in [6.45, 7) is 15.6. The number of allylic oxidation sites excluding steroid dienone is 4. The molecule has 0 aromatic rings. The van der Waals surface area contributed by atoms with Gasteiger partial charge in [-0.05, 0) is 0 Å². The molecule has 0 radical (unpaired) electrons. The van der Waals surface area contributed by atoms with Gasteiger partial charge < -0.3 is 0 Å². The Morgan fingerprint density at radius 1 is 1.00 bits per heavy atom. The van der Waals surface area contributed by atoms with Crippen LogP contribution in [-0.4, -0.2) is 11.9 Å². The molecule has 1 aliphatic carbocycles.